The van der Waals surface area contributed by atoms with Gasteiger partial charge in [0.2, 0.25) is 5.91 Å². The van der Waals surface area contributed by atoms with Crippen molar-refractivity contribution >= 4 is 17.3 Å². The Hall–Kier alpha value is -3.44. The van der Waals surface area contributed by atoms with E-state index in [1.54, 1.807) is 6.07 Å². The molecule has 1 saturated heterocycles. The van der Waals surface area contributed by atoms with Crippen molar-refractivity contribution in [1.29, 1.82) is 5.26 Å². The monoisotopic (exact) mass is 379 g/mol. The van der Waals surface area contributed by atoms with Gasteiger partial charge in [-0.15, -0.1) is 0 Å². The predicted molar refractivity (Wildman–Crippen MR) is 105 cm³/mol. The van der Waals surface area contributed by atoms with Gasteiger partial charge in [0.05, 0.1) is 23.1 Å². The second kappa shape index (κ2) is 8.97. The first kappa shape index (κ1) is 19.3. The molecule has 8 nitrogen and oxygen atoms in total. The molecule has 2 aromatic rings. The number of carbonyl (C=O) groups is 1. The molecule has 28 heavy (non-hydrogen) atoms. The first-order chi connectivity index (χ1) is 13.6. The molecular formula is C20H21N5O3. The molecule has 0 spiro atoms. The van der Waals surface area contributed by atoms with Gasteiger partial charge in [0.1, 0.15) is 5.69 Å². The van der Waals surface area contributed by atoms with Crippen LogP contribution in [0.5, 0.6) is 0 Å². The highest BCUT2D eigenvalue weighted by Gasteiger charge is 2.25. The van der Waals surface area contributed by atoms with E-state index in [1.807, 2.05) is 46.2 Å². The number of nitrogens with one attached hydrogen (secondary N) is 1. The number of nitrogens with zero attached hydrogens (tertiary/aromatic N) is 4. The van der Waals surface area contributed by atoms with Gasteiger partial charge in [-0.25, -0.2) is 0 Å². The molecular weight excluding hydrogens is 358 g/mol. The van der Waals surface area contributed by atoms with E-state index in [9.17, 15) is 14.9 Å². The Morgan fingerprint density at radius 3 is 2.50 bits per heavy atom. The average molecular weight is 379 g/mol. The maximum Gasteiger partial charge on any atom is 0.292 e. The number of hydrogen-bond donors (Lipinski definition) is 1. The van der Waals surface area contributed by atoms with Crippen LogP contribution >= 0.6 is 0 Å². The van der Waals surface area contributed by atoms with Crippen molar-refractivity contribution in [1.82, 2.24) is 10.2 Å². The summed E-state index contributed by atoms with van der Waals surface area (Å²) in [5.74, 6) is -0.0465. The lowest BCUT2D eigenvalue weighted by atomic mass is 10.1. The van der Waals surface area contributed by atoms with E-state index in [2.05, 4.69) is 5.32 Å². The summed E-state index contributed by atoms with van der Waals surface area (Å²) >= 11 is 0. The van der Waals surface area contributed by atoms with Crippen molar-refractivity contribution in [3.05, 3.63) is 69.8 Å². The van der Waals surface area contributed by atoms with Crippen molar-refractivity contribution in [2.45, 2.75) is 6.54 Å². The van der Waals surface area contributed by atoms with Crippen LogP contribution in [-0.4, -0.2) is 48.5 Å². The molecule has 0 radical (unpaired) electrons. The summed E-state index contributed by atoms with van der Waals surface area (Å²) in [6, 6.07) is 16.1. The quantitative estimate of drug-likeness (QED) is 0.607. The van der Waals surface area contributed by atoms with Crippen LogP contribution in [0.4, 0.5) is 11.4 Å². The van der Waals surface area contributed by atoms with Gasteiger partial charge in [0.15, 0.2) is 0 Å². The van der Waals surface area contributed by atoms with Crippen LogP contribution in [0.25, 0.3) is 0 Å². The number of nitro benzene ring substituents is 1. The molecule has 0 atom stereocenters. The number of nitro groups is 1. The lowest BCUT2D eigenvalue weighted by molar-refractivity contribution is -0.384. The van der Waals surface area contributed by atoms with Gasteiger partial charge in [-0.3, -0.25) is 19.8 Å². The molecule has 2 aromatic carbocycles. The minimum absolute atomic E-state index is 0.00643. The van der Waals surface area contributed by atoms with Crippen LogP contribution < -0.4 is 10.2 Å². The fourth-order valence-electron chi connectivity index (χ4n) is 3.20. The molecule has 0 unspecified atom stereocenters. The zero-order valence-electron chi connectivity index (χ0n) is 15.4. The van der Waals surface area contributed by atoms with Crippen LogP contribution in [0, 0.1) is 21.4 Å². The molecule has 1 amide bonds. The maximum absolute atomic E-state index is 12.2. The number of nitriles is 1. The van der Waals surface area contributed by atoms with Crippen LogP contribution in [0.3, 0.4) is 0 Å². The second-order valence-corrected chi connectivity index (χ2v) is 6.60. The van der Waals surface area contributed by atoms with Crippen molar-refractivity contribution in [2.24, 2.45) is 0 Å². The molecule has 0 saturated carbocycles. The van der Waals surface area contributed by atoms with E-state index in [0.29, 0.717) is 50.5 Å². The molecule has 0 bridgehead atoms. The molecule has 144 valence electrons. The Morgan fingerprint density at radius 1 is 1.14 bits per heavy atom. The van der Waals surface area contributed by atoms with Gasteiger partial charge in [-0.05, 0) is 17.7 Å². The standard InChI is InChI=1S/C20H21N5O3/c21-13-17-6-7-18(25(27)28)19(12-17)24-10-8-23(9-11-24)15-20(26)22-14-16-4-2-1-3-5-16/h1-7,12H,8-11,14-15H2,(H,22,26). The highest BCUT2D eigenvalue weighted by Crippen LogP contribution is 2.29. The Labute approximate surface area is 163 Å². The van der Waals surface area contributed by atoms with Crippen LogP contribution in [0.15, 0.2) is 48.5 Å². The van der Waals surface area contributed by atoms with E-state index < -0.39 is 4.92 Å². The summed E-state index contributed by atoms with van der Waals surface area (Å²) in [5, 5.41) is 23.3. The maximum atomic E-state index is 12.2. The Balaban J connectivity index is 1.54. The zero-order chi connectivity index (χ0) is 19.9. The van der Waals surface area contributed by atoms with Crippen LogP contribution in [0.1, 0.15) is 11.1 Å². The lowest BCUT2D eigenvalue weighted by Gasteiger charge is -2.35. The number of piperazine rings is 1. The van der Waals surface area contributed by atoms with Crippen LogP contribution in [0.2, 0.25) is 0 Å². The Bertz CT molecular complexity index is 886. The van der Waals surface area contributed by atoms with Crippen molar-refractivity contribution < 1.29 is 9.72 Å². The topological polar surface area (TPSA) is 103 Å². The third kappa shape index (κ3) is 4.84. The number of hydrogen-bond acceptors (Lipinski definition) is 6. The molecule has 1 aliphatic rings. The van der Waals surface area contributed by atoms with E-state index in [0.717, 1.165) is 5.56 Å². The molecule has 0 aromatic heterocycles. The lowest BCUT2D eigenvalue weighted by Crippen LogP contribution is -2.49. The number of anilines is 1. The van der Waals surface area contributed by atoms with Crippen LogP contribution in [-0.2, 0) is 11.3 Å². The summed E-state index contributed by atoms with van der Waals surface area (Å²) in [6.07, 6.45) is 0. The summed E-state index contributed by atoms with van der Waals surface area (Å²) < 4.78 is 0. The number of amides is 1. The number of benzene rings is 2. The summed E-state index contributed by atoms with van der Waals surface area (Å²) in [5.41, 5.74) is 1.89. The van der Waals surface area contributed by atoms with Gasteiger partial charge in [-0.2, -0.15) is 5.26 Å². The molecule has 3 rings (SSSR count). The Kier molecular flexibility index (Phi) is 6.19. The SMILES string of the molecule is N#Cc1ccc([N+](=O)[O-])c(N2CCN(CC(=O)NCc3ccccc3)CC2)c1. The largest absolute Gasteiger partial charge is 0.363 e. The molecule has 1 aliphatic heterocycles. The van der Waals surface area contributed by atoms with Gasteiger partial charge in [-0.1, -0.05) is 30.3 Å². The predicted octanol–water partition coefficient (Wildman–Crippen LogP) is 1.90. The fourth-order valence-corrected chi connectivity index (χ4v) is 3.20. The molecule has 1 N–H and O–H groups in total. The van der Waals surface area contributed by atoms with E-state index in [4.69, 9.17) is 5.26 Å². The van der Waals surface area contributed by atoms with Crippen molar-refractivity contribution in [3.63, 3.8) is 0 Å². The second-order valence-electron chi connectivity index (χ2n) is 6.60. The zero-order valence-corrected chi connectivity index (χ0v) is 15.4. The molecule has 1 fully saturated rings. The molecule has 8 heteroatoms. The summed E-state index contributed by atoms with van der Waals surface area (Å²) in [6.45, 7) is 3.14. The Morgan fingerprint density at radius 2 is 1.86 bits per heavy atom. The minimum atomic E-state index is -0.431. The minimum Gasteiger partial charge on any atom is -0.363 e. The van der Waals surface area contributed by atoms with Gasteiger partial charge >= 0.3 is 0 Å². The third-order valence-corrected chi connectivity index (χ3v) is 4.71. The van der Waals surface area contributed by atoms with Gasteiger partial charge in [0.25, 0.3) is 5.69 Å². The normalized spacial score (nSPS) is 14.3. The summed E-state index contributed by atoms with van der Waals surface area (Å²) in [4.78, 5) is 27.0. The van der Waals surface area contributed by atoms with Gasteiger partial charge in [0, 0.05) is 38.8 Å². The molecule has 0 aliphatic carbocycles. The summed E-state index contributed by atoms with van der Waals surface area (Å²) in [7, 11) is 0. The highest BCUT2D eigenvalue weighted by atomic mass is 16.6. The van der Waals surface area contributed by atoms with E-state index in [1.165, 1.54) is 12.1 Å². The average Bonchev–Trinajstić information content (AvgIpc) is 2.73. The first-order valence-corrected chi connectivity index (χ1v) is 9.03. The van der Waals surface area contributed by atoms with Crippen molar-refractivity contribution in [2.75, 3.05) is 37.6 Å². The number of rotatable bonds is 6. The fraction of sp³-hybridized carbons (Fsp3) is 0.300. The highest BCUT2D eigenvalue weighted by molar-refractivity contribution is 5.78. The number of carbonyl (C=O) groups excluding carboxylic acids is 1. The molecule has 1 heterocycles. The van der Waals surface area contributed by atoms with Gasteiger partial charge < -0.3 is 10.2 Å². The van der Waals surface area contributed by atoms with E-state index in [-0.39, 0.29) is 11.6 Å². The first-order valence-electron chi connectivity index (χ1n) is 9.03. The van der Waals surface area contributed by atoms with E-state index >= 15 is 0 Å². The third-order valence-electron chi connectivity index (χ3n) is 4.71. The van der Waals surface area contributed by atoms with Crippen molar-refractivity contribution in [3.8, 4) is 6.07 Å². The smallest absolute Gasteiger partial charge is 0.292 e.